The van der Waals surface area contributed by atoms with E-state index in [9.17, 15) is 4.79 Å². The molecule has 1 atom stereocenters. The molecule has 8 nitrogen and oxygen atoms in total. The molecule has 0 fully saturated rings. The second-order valence-corrected chi connectivity index (χ2v) is 3.78. The summed E-state index contributed by atoms with van der Waals surface area (Å²) in [6.07, 6.45) is 6.61. The number of carbonyl (C=O) groups excluding carboxylic acids is 1. The molecule has 1 unspecified atom stereocenters. The lowest BCUT2D eigenvalue weighted by molar-refractivity contribution is -0.117. The smallest absolute Gasteiger partial charge is 0.244 e. The molecule has 2 heterocycles. The highest BCUT2D eigenvalue weighted by Gasteiger charge is 2.11. The fourth-order valence-corrected chi connectivity index (χ4v) is 1.38. The van der Waals surface area contributed by atoms with Gasteiger partial charge in [0.2, 0.25) is 5.91 Å². The van der Waals surface area contributed by atoms with Crippen LogP contribution in [0.1, 0.15) is 24.4 Å². The Kier molecular flexibility index (Phi) is 3.46. The van der Waals surface area contributed by atoms with Crippen LogP contribution in [0.25, 0.3) is 6.08 Å². The second-order valence-electron chi connectivity index (χ2n) is 3.78. The van der Waals surface area contributed by atoms with E-state index in [2.05, 4.69) is 31.0 Å². The lowest BCUT2D eigenvalue weighted by atomic mass is 10.3. The molecule has 0 bridgehead atoms. The summed E-state index contributed by atoms with van der Waals surface area (Å²) in [4.78, 5) is 11.6. The van der Waals surface area contributed by atoms with E-state index in [1.54, 1.807) is 23.9 Å². The van der Waals surface area contributed by atoms with Crippen molar-refractivity contribution in [2.75, 3.05) is 0 Å². The number of H-pyrrole nitrogens is 1. The van der Waals surface area contributed by atoms with Crippen LogP contribution < -0.4 is 5.32 Å². The first kappa shape index (κ1) is 12.0. The monoisotopic (exact) mass is 247 g/mol. The number of hydrogen-bond donors (Lipinski definition) is 2. The van der Waals surface area contributed by atoms with E-state index in [1.807, 2.05) is 13.2 Å². The minimum absolute atomic E-state index is 0.226. The predicted molar refractivity (Wildman–Crippen MR) is 63.0 cm³/mol. The molecule has 0 aliphatic rings. The molecule has 2 aromatic heterocycles. The van der Waals surface area contributed by atoms with E-state index < -0.39 is 0 Å². The van der Waals surface area contributed by atoms with Crippen molar-refractivity contribution in [2.24, 2.45) is 7.05 Å². The molecule has 94 valence electrons. The number of hydrogen-bond acceptors (Lipinski definition) is 5. The largest absolute Gasteiger partial charge is 0.343 e. The van der Waals surface area contributed by atoms with Gasteiger partial charge in [-0.3, -0.25) is 9.48 Å². The highest BCUT2D eigenvalue weighted by molar-refractivity contribution is 5.91. The summed E-state index contributed by atoms with van der Waals surface area (Å²) in [5.41, 5.74) is 0.861. The van der Waals surface area contributed by atoms with Crippen molar-refractivity contribution < 1.29 is 4.79 Å². The van der Waals surface area contributed by atoms with Crippen LogP contribution in [0.3, 0.4) is 0 Å². The Labute approximate surface area is 103 Å². The molecule has 1 amide bonds. The van der Waals surface area contributed by atoms with E-state index in [0.29, 0.717) is 5.82 Å². The first-order valence-electron chi connectivity index (χ1n) is 5.35. The van der Waals surface area contributed by atoms with E-state index >= 15 is 0 Å². The summed E-state index contributed by atoms with van der Waals surface area (Å²) >= 11 is 0. The van der Waals surface area contributed by atoms with Gasteiger partial charge in [-0.1, -0.05) is 5.21 Å². The van der Waals surface area contributed by atoms with Crippen molar-refractivity contribution in [2.45, 2.75) is 13.0 Å². The van der Waals surface area contributed by atoms with E-state index in [4.69, 9.17) is 0 Å². The zero-order chi connectivity index (χ0) is 13.0. The van der Waals surface area contributed by atoms with Crippen LogP contribution in [-0.2, 0) is 11.8 Å². The molecule has 0 spiro atoms. The van der Waals surface area contributed by atoms with E-state index in [1.165, 1.54) is 6.08 Å². The molecule has 0 aliphatic carbocycles. The Morgan fingerprint density at radius 1 is 1.61 bits per heavy atom. The fraction of sp³-hybridized carbons (Fsp3) is 0.300. The third-order valence-corrected chi connectivity index (χ3v) is 2.26. The first-order chi connectivity index (χ1) is 8.65. The van der Waals surface area contributed by atoms with Gasteiger partial charge in [0, 0.05) is 24.9 Å². The standard InChI is InChI=1S/C10H13N7O/c1-7(10-13-15-16-14-10)12-9(18)4-3-8-5-11-17(2)6-8/h3-7H,1-2H3,(H,12,18)(H,13,14,15,16). The summed E-state index contributed by atoms with van der Waals surface area (Å²) in [7, 11) is 1.82. The third kappa shape index (κ3) is 3.00. The maximum Gasteiger partial charge on any atom is 0.244 e. The molecule has 2 N–H and O–H groups in total. The number of amides is 1. The number of carbonyl (C=O) groups is 1. The number of aromatic nitrogens is 6. The Hall–Kier alpha value is -2.51. The van der Waals surface area contributed by atoms with Gasteiger partial charge in [-0.2, -0.15) is 10.3 Å². The minimum atomic E-state index is -0.296. The SMILES string of the molecule is CC(NC(=O)C=Cc1cnn(C)c1)c1nn[nH]n1. The lowest BCUT2D eigenvalue weighted by Crippen LogP contribution is -2.25. The number of rotatable bonds is 4. The van der Waals surface area contributed by atoms with Crippen LogP contribution in [0.4, 0.5) is 0 Å². The highest BCUT2D eigenvalue weighted by atomic mass is 16.1. The summed E-state index contributed by atoms with van der Waals surface area (Å²) in [6.45, 7) is 1.78. The summed E-state index contributed by atoms with van der Waals surface area (Å²) in [5, 5.41) is 20.1. The molecule has 2 rings (SSSR count). The first-order valence-corrected chi connectivity index (χ1v) is 5.35. The molecule has 0 aliphatic heterocycles. The highest BCUT2D eigenvalue weighted by Crippen LogP contribution is 2.03. The molecule has 0 aromatic carbocycles. The number of tetrazole rings is 1. The summed E-state index contributed by atoms with van der Waals surface area (Å²) in [5.74, 6) is 0.217. The van der Waals surface area contributed by atoms with Gasteiger partial charge in [-0.15, -0.1) is 10.2 Å². The molecule has 8 heteroatoms. The van der Waals surface area contributed by atoms with Crippen LogP contribution in [0, 0.1) is 0 Å². The van der Waals surface area contributed by atoms with Crippen LogP contribution in [0.2, 0.25) is 0 Å². The Morgan fingerprint density at radius 3 is 3.06 bits per heavy atom. The predicted octanol–water partition coefficient (Wildman–Crippen LogP) is -0.176. The summed E-state index contributed by atoms with van der Waals surface area (Å²) in [6, 6.07) is -0.296. The maximum absolute atomic E-state index is 11.6. The molecule has 0 radical (unpaired) electrons. The van der Waals surface area contributed by atoms with Crippen LogP contribution >= 0.6 is 0 Å². The van der Waals surface area contributed by atoms with Gasteiger partial charge >= 0.3 is 0 Å². The molecular weight excluding hydrogens is 234 g/mol. The normalized spacial score (nSPS) is 12.8. The lowest BCUT2D eigenvalue weighted by Gasteiger charge is -2.06. The molecule has 0 saturated carbocycles. The van der Waals surface area contributed by atoms with Crippen LogP contribution in [-0.4, -0.2) is 36.3 Å². The van der Waals surface area contributed by atoms with Gasteiger partial charge in [0.15, 0.2) is 5.82 Å². The Bertz CT molecular complexity index is 542. The van der Waals surface area contributed by atoms with Crippen molar-refractivity contribution in [3.63, 3.8) is 0 Å². The maximum atomic E-state index is 11.6. The average Bonchev–Trinajstić information content (AvgIpc) is 2.97. The number of aryl methyl sites for hydroxylation is 1. The number of nitrogens with zero attached hydrogens (tertiary/aromatic N) is 5. The summed E-state index contributed by atoms with van der Waals surface area (Å²) < 4.78 is 1.67. The Morgan fingerprint density at radius 2 is 2.44 bits per heavy atom. The number of aromatic amines is 1. The fourth-order valence-electron chi connectivity index (χ4n) is 1.38. The molecule has 0 saturated heterocycles. The van der Waals surface area contributed by atoms with Gasteiger partial charge in [0.05, 0.1) is 12.2 Å². The van der Waals surface area contributed by atoms with Gasteiger partial charge in [0.1, 0.15) is 0 Å². The van der Waals surface area contributed by atoms with Crippen LogP contribution in [0.15, 0.2) is 18.5 Å². The zero-order valence-electron chi connectivity index (χ0n) is 10.0. The second kappa shape index (κ2) is 5.21. The zero-order valence-corrected chi connectivity index (χ0v) is 10.0. The van der Waals surface area contributed by atoms with Gasteiger partial charge in [-0.05, 0) is 13.0 Å². The molecular formula is C10H13N7O. The third-order valence-electron chi connectivity index (χ3n) is 2.26. The van der Waals surface area contributed by atoms with Crippen molar-refractivity contribution in [3.05, 3.63) is 29.9 Å². The minimum Gasteiger partial charge on any atom is -0.343 e. The van der Waals surface area contributed by atoms with Crippen molar-refractivity contribution in [1.29, 1.82) is 0 Å². The van der Waals surface area contributed by atoms with Gasteiger partial charge in [0.25, 0.3) is 0 Å². The van der Waals surface area contributed by atoms with Crippen molar-refractivity contribution >= 4 is 12.0 Å². The van der Waals surface area contributed by atoms with E-state index in [0.717, 1.165) is 5.56 Å². The molecule has 2 aromatic rings. The van der Waals surface area contributed by atoms with Crippen LogP contribution in [0.5, 0.6) is 0 Å². The average molecular weight is 247 g/mol. The quantitative estimate of drug-likeness (QED) is 0.730. The van der Waals surface area contributed by atoms with Crippen molar-refractivity contribution in [3.8, 4) is 0 Å². The topological polar surface area (TPSA) is 101 Å². The molecule has 18 heavy (non-hydrogen) atoms. The Balaban J connectivity index is 1.91. The van der Waals surface area contributed by atoms with E-state index in [-0.39, 0.29) is 11.9 Å². The number of nitrogens with one attached hydrogen (secondary N) is 2. The van der Waals surface area contributed by atoms with Gasteiger partial charge < -0.3 is 5.32 Å². The van der Waals surface area contributed by atoms with Crippen molar-refractivity contribution in [1.82, 2.24) is 35.7 Å². The van der Waals surface area contributed by atoms with Gasteiger partial charge in [-0.25, -0.2) is 0 Å².